The molecule has 2 heterocycles. The van der Waals surface area contributed by atoms with Crippen molar-refractivity contribution in [3.8, 4) is 0 Å². The average Bonchev–Trinajstić information content (AvgIpc) is 3.09. The summed E-state index contributed by atoms with van der Waals surface area (Å²) in [6.45, 7) is 1.70. The summed E-state index contributed by atoms with van der Waals surface area (Å²) in [5.41, 5.74) is 0.489. The normalized spacial score (nSPS) is 15.8. The number of piperidine rings is 1. The average molecular weight is 337 g/mol. The van der Waals surface area contributed by atoms with Crippen LogP contribution in [0.3, 0.4) is 0 Å². The van der Waals surface area contributed by atoms with Gasteiger partial charge >= 0.3 is 0 Å². The first kappa shape index (κ1) is 16.0. The summed E-state index contributed by atoms with van der Waals surface area (Å²) < 4.78 is 18.9. The number of nitrogens with one attached hydrogen (secondary N) is 1. The number of rotatable bonds is 4. The van der Waals surface area contributed by atoms with Crippen molar-refractivity contribution in [2.24, 2.45) is 0 Å². The van der Waals surface area contributed by atoms with Crippen LogP contribution >= 0.6 is 11.6 Å². The van der Waals surface area contributed by atoms with Crippen LogP contribution in [0.4, 0.5) is 4.39 Å². The van der Waals surface area contributed by atoms with Gasteiger partial charge in [0.1, 0.15) is 5.82 Å². The van der Waals surface area contributed by atoms with E-state index in [1.54, 1.807) is 29.2 Å². The van der Waals surface area contributed by atoms with Crippen molar-refractivity contribution in [1.29, 1.82) is 0 Å². The molecule has 0 bridgehead atoms. The highest BCUT2D eigenvalue weighted by molar-refractivity contribution is 6.31. The molecule has 1 N–H and O–H groups in total. The number of furan rings is 1. The molecular formula is C17H18ClFN2O2. The van der Waals surface area contributed by atoms with Crippen LogP contribution in [0, 0.1) is 5.82 Å². The zero-order chi connectivity index (χ0) is 16.2. The van der Waals surface area contributed by atoms with Crippen LogP contribution in [0.5, 0.6) is 0 Å². The van der Waals surface area contributed by atoms with Gasteiger partial charge in [0.15, 0.2) is 5.76 Å². The van der Waals surface area contributed by atoms with Crippen LogP contribution in [0.25, 0.3) is 0 Å². The minimum Gasteiger partial charge on any atom is -0.459 e. The molecule has 0 saturated carbocycles. The summed E-state index contributed by atoms with van der Waals surface area (Å²) >= 11 is 6.03. The van der Waals surface area contributed by atoms with Crippen LogP contribution < -0.4 is 5.32 Å². The second kappa shape index (κ2) is 7.15. The third-order valence-electron chi connectivity index (χ3n) is 4.14. The molecule has 0 spiro atoms. The molecule has 0 radical (unpaired) electrons. The van der Waals surface area contributed by atoms with Crippen molar-refractivity contribution in [2.75, 3.05) is 13.1 Å². The Morgan fingerprint density at radius 1 is 1.30 bits per heavy atom. The molecule has 1 aromatic heterocycles. The van der Waals surface area contributed by atoms with Gasteiger partial charge in [-0.15, -0.1) is 0 Å². The van der Waals surface area contributed by atoms with Gasteiger partial charge in [0.2, 0.25) is 0 Å². The second-order valence-electron chi connectivity index (χ2n) is 5.62. The van der Waals surface area contributed by atoms with Gasteiger partial charge in [-0.25, -0.2) is 4.39 Å². The third kappa shape index (κ3) is 3.74. The number of likely N-dealkylation sites (tertiary alicyclic amines) is 1. The lowest BCUT2D eigenvalue weighted by molar-refractivity contribution is 0.0672. The van der Waals surface area contributed by atoms with Gasteiger partial charge in [0.25, 0.3) is 5.91 Å². The molecule has 1 saturated heterocycles. The summed E-state index contributed by atoms with van der Waals surface area (Å²) in [7, 11) is 0. The quantitative estimate of drug-likeness (QED) is 0.930. The maximum absolute atomic E-state index is 13.7. The standard InChI is InChI=1S/C17H18ClFN2O2/c18-14-3-1-4-15(19)13(14)11-20-12-6-8-21(9-7-12)17(22)16-5-2-10-23-16/h1-5,10,12,20H,6-9,11H2. The maximum Gasteiger partial charge on any atom is 0.289 e. The molecule has 6 heteroatoms. The Bertz CT molecular complexity index is 647. The molecule has 1 fully saturated rings. The fourth-order valence-corrected chi connectivity index (χ4v) is 3.02. The number of carbonyl (C=O) groups is 1. The van der Waals surface area contributed by atoms with Crippen LogP contribution in [0.15, 0.2) is 41.0 Å². The predicted molar refractivity (Wildman–Crippen MR) is 85.9 cm³/mol. The topological polar surface area (TPSA) is 45.5 Å². The number of hydrogen-bond donors (Lipinski definition) is 1. The van der Waals surface area contributed by atoms with Crippen LogP contribution in [-0.4, -0.2) is 29.9 Å². The highest BCUT2D eigenvalue weighted by Gasteiger charge is 2.25. The zero-order valence-corrected chi connectivity index (χ0v) is 13.4. The van der Waals surface area contributed by atoms with E-state index < -0.39 is 0 Å². The highest BCUT2D eigenvalue weighted by atomic mass is 35.5. The molecule has 4 nitrogen and oxygen atoms in total. The van der Waals surface area contributed by atoms with Crippen molar-refractivity contribution >= 4 is 17.5 Å². The summed E-state index contributed by atoms with van der Waals surface area (Å²) in [5, 5.41) is 3.76. The Labute approximate surface area is 139 Å². The number of benzene rings is 1. The van der Waals surface area contributed by atoms with Crippen LogP contribution in [-0.2, 0) is 6.54 Å². The van der Waals surface area contributed by atoms with Gasteiger partial charge in [0, 0.05) is 36.3 Å². The minimum atomic E-state index is -0.296. The first-order valence-corrected chi connectivity index (χ1v) is 8.02. The largest absolute Gasteiger partial charge is 0.459 e. The fraction of sp³-hybridized carbons (Fsp3) is 0.353. The van der Waals surface area contributed by atoms with Gasteiger partial charge < -0.3 is 14.6 Å². The van der Waals surface area contributed by atoms with E-state index in [9.17, 15) is 9.18 Å². The maximum atomic E-state index is 13.7. The molecule has 0 atom stereocenters. The number of hydrogen-bond acceptors (Lipinski definition) is 3. The minimum absolute atomic E-state index is 0.0781. The first-order valence-electron chi connectivity index (χ1n) is 7.64. The molecular weight excluding hydrogens is 319 g/mol. The Morgan fingerprint density at radius 3 is 2.74 bits per heavy atom. The number of amides is 1. The van der Waals surface area contributed by atoms with E-state index in [0.29, 0.717) is 36.0 Å². The lowest BCUT2D eigenvalue weighted by Crippen LogP contribution is -2.44. The Morgan fingerprint density at radius 2 is 2.09 bits per heavy atom. The van der Waals surface area contributed by atoms with Crippen LogP contribution in [0.2, 0.25) is 5.02 Å². The van der Waals surface area contributed by atoms with Gasteiger partial charge in [-0.2, -0.15) is 0 Å². The summed E-state index contributed by atoms with van der Waals surface area (Å²) in [5.74, 6) is -0.00409. The third-order valence-corrected chi connectivity index (χ3v) is 4.50. The molecule has 122 valence electrons. The molecule has 0 aliphatic carbocycles. The monoisotopic (exact) mass is 336 g/mol. The van der Waals surface area contributed by atoms with E-state index >= 15 is 0 Å². The molecule has 1 aliphatic heterocycles. The van der Waals surface area contributed by atoms with E-state index in [4.69, 9.17) is 16.0 Å². The molecule has 0 unspecified atom stereocenters. The Hall–Kier alpha value is -1.85. The first-order chi connectivity index (χ1) is 11.1. The van der Waals surface area contributed by atoms with Crippen LogP contribution in [0.1, 0.15) is 29.0 Å². The van der Waals surface area contributed by atoms with Crippen molar-refractivity contribution < 1.29 is 13.6 Å². The van der Waals surface area contributed by atoms with E-state index in [1.165, 1.54) is 12.3 Å². The zero-order valence-electron chi connectivity index (χ0n) is 12.6. The Balaban J connectivity index is 1.51. The van der Waals surface area contributed by atoms with Crippen molar-refractivity contribution in [3.63, 3.8) is 0 Å². The molecule has 1 aromatic carbocycles. The SMILES string of the molecule is O=C(c1ccco1)N1CCC(NCc2c(F)cccc2Cl)CC1. The van der Waals surface area contributed by atoms with Crippen molar-refractivity contribution in [2.45, 2.75) is 25.4 Å². The van der Waals surface area contributed by atoms with Crippen molar-refractivity contribution in [1.82, 2.24) is 10.2 Å². The fourth-order valence-electron chi connectivity index (χ4n) is 2.79. The van der Waals surface area contributed by atoms with Gasteiger partial charge in [-0.3, -0.25) is 4.79 Å². The number of carbonyl (C=O) groups excluding carboxylic acids is 1. The Kier molecular flexibility index (Phi) is 4.98. The molecule has 2 aromatic rings. The number of nitrogens with zero attached hydrogens (tertiary/aromatic N) is 1. The van der Waals surface area contributed by atoms with E-state index in [-0.39, 0.29) is 17.8 Å². The molecule has 3 rings (SSSR count). The second-order valence-corrected chi connectivity index (χ2v) is 6.03. The molecule has 23 heavy (non-hydrogen) atoms. The van der Waals surface area contributed by atoms with Gasteiger partial charge in [-0.1, -0.05) is 17.7 Å². The lowest BCUT2D eigenvalue weighted by Gasteiger charge is -2.32. The summed E-state index contributed by atoms with van der Waals surface area (Å²) in [6, 6.07) is 8.32. The lowest BCUT2D eigenvalue weighted by atomic mass is 10.0. The van der Waals surface area contributed by atoms with Gasteiger partial charge in [-0.05, 0) is 37.1 Å². The van der Waals surface area contributed by atoms with E-state index in [0.717, 1.165) is 12.8 Å². The summed E-state index contributed by atoms with van der Waals surface area (Å²) in [6.07, 6.45) is 3.14. The molecule has 1 amide bonds. The van der Waals surface area contributed by atoms with E-state index in [1.807, 2.05) is 0 Å². The summed E-state index contributed by atoms with van der Waals surface area (Å²) in [4.78, 5) is 14.0. The molecule has 1 aliphatic rings. The van der Waals surface area contributed by atoms with E-state index in [2.05, 4.69) is 5.32 Å². The smallest absolute Gasteiger partial charge is 0.289 e. The predicted octanol–water partition coefficient (Wildman–Crippen LogP) is 3.47. The highest BCUT2D eigenvalue weighted by Crippen LogP contribution is 2.20. The van der Waals surface area contributed by atoms with Crippen molar-refractivity contribution in [3.05, 3.63) is 58.8 Å². The number of halogens is 2. The van der Waals surface area contributed by atoms with Gasteiger partial charge in [0.05, 0.1) is 6.26 Å².